The minimum atomic E-state index is -3.22. The molecule has 0 spiro atoms. The summed E-state index contributed by atoms with van der Waals surface area (Å²) in [4.78, 5) is 16.8. The van der Waals surface area contributed by atoms with Crippen LogP contribution < -0.4 is 10.6 Å². The van der Waals surface area contributed by atoms with Crippen molar-refractivity contribution in [3.63, 3.8) is 0 Å². The number of hydrogen-bond donors (Lipinski definition) is 2. The van der Waals surface area contributed by atoms with Gasteiger partial charge >= 0.3 is 0 Å². The second kappa shape index (κ2) is 8.99. The maximum Gasteiger partial charge on any atom is 0.270 e. The molecule has 0 unspecified atom stereocenters. The van der Waals surface area contributed by atoms with Gasteiger partial charge in [0.25, 0.3) is 5.91 Å². The van der Waals surface area contributed by atoms with Crippen LogP contribution in [0.4, 0.5) is 10.8 Å². The average Bonchev–Trinajstić information content (AvgIpc) is 3.14. The Bertz CT molecular complexity index is 1030. The van der Waals surface area contributed by atoms with Crippen LogP contribution in [0.15, 0.2) is 64.9 Å². The molecule has 0 fully saturated rings. The molecule has 6 nitrogen and oxygen atoms in total. The predicted octanol–water partition coefficient (Wildman–Crippen LogP) is 3.65. The first kappa shape index (κ1) is 20.0. The third-order valence-corrected chi connectivity index (χ3v) is 5.93. The molecule has 2 aromatic carbocycles. The van der Waals surface area contributed by atoms with Crippen molar-refractivity contribution in [2.45, 2.75) is 17.7 Å². The fraction of sp³-hybridized carbons (Fsp3) is 0.200. The third kappa shape index (κ3) is 5.64. The molecule has 0 saturated heterocycles. The molecular formula is C20H21N3O3S2. The normalized spacial score (nSPS) is 11.2. The quantitative estimate of drug-likeness (QED) is 0.548. The maximum atomic E-state index is 12.2. The van der Waals surface area contributed by atoms with Gasteiger partial charge in [-0.1, -0.05) is 30.3 Å². The molecule has 146 valence electrons. The number of carbonyl (C=O) groups is 1. The molecule has 28 heavy (non-hydrogen) atoms. The summed E-state index contributed by atoms with van der Waals surface area (Å²) in [6.45, 7) is 0.584. The highest BCUT2D eigenvalue weighted by atomic mass is 32.2. The largest absolute Gasteiger partial charge is 0.351 e. The summed E-state index contributed by atoms with van der Waals surface area (Å²) in [5.41, 5.74) is 2.32. The summed E-state index contributed by atoms with van der Waals surface area (Å²) in [5.74, 6) is -0.204. The number of amides is 1. The zero-order valence-corrected chi connectivity index (χ0v) is 17.0. The van der Waals surface area contributed by atoms with Crippen molar-refractivity contribution >= 4 is 37.9 Å². The second-order valence-corrected chi connectivity index (χ2v) is 9.18. The summed E-state index contributed by atoms with van der Waals surface area (Å²) in [5, 5.41) is 8.23. The van der Waals surface area contributed by atoms with E-state index in [0.717, 1.165) is 12.8 Å². The third-order valence-electron chi connectivity index (χ3n) is 4.04. The van der Waals surface area contributed by atoms with Crippen molar-refractivity contribution in [3.05, 3.63) is 71.2 Å². The highest BCUT2D eigenvalue weighted by molar-refractivity contribution is 7.90. The van der Waals surface area contributed by atoms with Gasteiger partial charge in [-0.25, -0.2) is 13.4 Å². The van der Waals surface area contributed by atoms with E-state index in [1.165, 1.54) is 35.3 Å². The van der Waals surface area contributed by atoms with E-state index in [-0.39, 0.29) is 10.8 Å². The van der Waals surface area contributed by atoms with Crippen LogP contribution >= 0.6 is 11.3 Å². The number of sulfone groups is 1. The van der Waals surface area contributed by atoms with E-state index in [9.17, 15) is 13.2 Å². The number of benzene rings is 2. The number of carbonyl (C=O) groups excluding carboxylic acids is 1. The minimum absolute atomic E-state index is 0.204. The van der Waals surface area contributed by atoms with Crippen LogP contribution in [0, 0.1) is 0 Å². The number of hydrogen-bond acceptors (Lipinski definition) is 6. The Morgan fingerprint density at radius 3 is 2.46 bits per heavy atom. The fourth-order valence-corrected chi connectivity index (χ4v) is 3.92. The first-order valence-corrected chi connectivity index (χ1v) is 11.5. The summed E-state index contributed by atoms with van der Waals surface area (Å²) in [6, 6.07) is 16.5. The Kier molecular flexibility index (Phi) is 6.43. The Labute approximate surface area is 168 Å². The molecule has 8 heteroatoms. The standard InChI is InChI=1S/C20H21N3O3S2/c1-28(25,26)17-11-9-16(10-12-17)22-20-23-18(14-27-20)19(24)21-13-5-8-15-6-3-2-4-7-15/h2-4,6-7,9-12,14H,5,8,13H2,1H3,(H,21,24)(H,22,23). The lowest BCUT2D eigenvalue weighted by atomic mass is 10.1. The van der Waals surface area contributed by atoms with Crippen molar-refractivity contribution in [1.82, 2.24) is 10.3 Å². The molecule has 0 aliphatic carbocycles. The lowest BCUT2D eigenvalue weighted by Gasteiger charge is -2.04. The molecular weight excluding hydrogens is 394 g/mol. The summed E-state index contributed by atoms with van der Waals surface area (Å²) in [6.07, 6.45) is 2.94. The van der Waals surface area contributed by atoms with Crippen molar-refractivity contribution in [2.24, 2.45) is 0 Å². The van der Waals surface area contributed by atoms with Crippen LogP contribution in [0.1, 0.15) is 22.5 Å². The Morgan fingerprint density at radius 1 is 1.07 bits per heavy atom. The molecule has 1 heterocycles. The molecule has 0 aliphatic rings. The van der Waals surface area contributed by atoms with Gasteiger partial charge in [0.15, 0.2) is 15.0 Å². The number of anilines is 2. The topological polar surface area (TPSA) is 88.2 Å². The van der Waals surface area contributed by atoms with Crippen molar-refractivity contribution < 1.29 is 13.2 Å². The van der Waals surface area contributed by atoms with E-state index < -0.39 is 9.84 Å². The Balaban J connectivity index is 1.49. The number of nitrogens with one attached hydrogen (secondary N) is 2. The van der Waals surface area contributed by atoms with Crippen LogP contribution in [-0.4, -0.2) is 32.1 Å². The van der Waals surface area contributed by atoms with Crippen LogP contribution in [-0.2, 0) is 16.3 Å². The van der Waals surface area contributed by atoms with Gasteiger partial charge in [0.2, 0.25) is 0 Å². The number of aromatic nitrogens is 1. The predicted molar refractivity (Wildman–Crippen MR) is 112 cm³/mol. The van der Waals surface area contributed by atoms with Crippen molar-refractivity contribution in [3.8, 4) is 0 Å². The number of thiazole rings is 1. The van der Waals surface area contributed by atoms with E-state index in [2.05, 4.69) is 27.8 Å². The van der Waals surface area contributed by atoms with Gasteiger partial charge in [-0.05, 0) is 42.7 Å². The van der Waals surface area contributed by atoms with Crippen LogP contribution in [0.25, 0.3) is 0 Å². The van der Waals surface area contributed by atoms with Gasteiger partial charge in [-0.15, -0.1) is 11.3 Å². The zero-order chi connectivity index (χ0) is 20.0. The van der Waals surface area contributed by atoms with Crippen LogP contribution in [0.2, 0.25) is 0 Å². The molecule has 0 aliphatic heterocycles. The lowest BCUT2D eigenvalue weighted by Crippen LogP contribution is -2.25. The smallest absolute Gasteiger partial charge is 0.270 e. The number of aryl methyl sites for hydroxylation is 1. The first-order valence-electron chi connectivity index (χ1n) is 8.76. The van der Waals surface area contributed by atoms with Gasteiger partial charge < -0.3 is 10.6 Å². The summed E-state index contributed by atoms with van der Waals surface area (Å²) >= 11 is 1.32. The van der Waals surface area contributed by atoms with Gasteiger partial charge in [0, 0.05) is 23.9 Å². The lowest BCUT2D eigenvalue weighted by molar-refractivity contribution is 0.0949. The maximum absolute atomic E-state index is 12.2. The molecule has 1 amide bonds. The molecule has 1 aromatic heterocycles. The van der Waals surface area contributed by atoms with E-state index in [1.807, 2.05) is 18.2 Å². The highest BCUT2D eigenvalue weighted by Gasteiger charge is 2.11. The van der Waals surface area contributed by atoms with Crippen LogP contribution in [0.5, 0.6) is 0 Å². The number of rotatable bonds is 8. The Morgan fingerprint density at radius 2 is 1.79 bits per heavy atom. The van der Waals surface area contributed by atoms with E-state index in [0.29, 0.717) is 23.1 Å². The van der Waals surface area contributed by atoms with E-state index in [4.69, 9.17) is 0 Å². The minimum Gasteiger partial charge on any atom is -0.351 e. The van der Waals surface area contributed by atoms with Gasteiger partial charge in [-0.2, -0.15) is 0 Å². The molecule has 0 bridgehead atoms. The van der Waals surface area contributed by atoms with Gasteiger partial charge in [-0.3, -0.25) is 4.79 Å². The zero-order valence-electron chi connectivity index (χ0n) is 15.4. The first-order chi connectivity index (χ1) is 13.4. The molecule has 3 aromatic rings. The van der Waals surface area contributed by atoms with Gasteiger partial charge in [0.05, 0.1) is 4.90 Å². The molecule has 0 saturated carbocycles. The van der Waals surface area contributed by atoms with Crippen molar-refractivity contribution in [2.75, 3.05) is 18.1 Å². The van der Waals surface area contributed by atoms with Gasteiger partial charge in [0.1, 0.15) is 5.69 Å². The monoisotopic (exact) mass is 415 g/mol. The van der Waals surface area contributed by atoms with Crippen LogP contribution in [0.3, 0.4) is 0 Å². The SMILES string of the molecule is CS(=O)(=O)c1ccc(Nc2nc(C(=O)NCCCc3ccccc3)cs2)cc1. The molecule has 0 radical (unpaired) electrons. The highest BCUT2D eigenvalue weighted by Crippen LogP contribution is 2.22. The van der Waals surface area contributed by atoms with E-state index in [1.54, 1.807) is 17.5 Å². The van der Waals surface area contributed by atoms with Crippen molar-refractivity contribution in [1.29, 1.82) is 0 Å². The van der Waals surface area contributed by atoms with E-state index >= 15 is 0 Å². The second-order valence-electron chi connectivity index (χ2n) is 6.30. The molecule has 2 N–H and O–H groups in total. The summed E-state index contributed by atoms with van der Waals surface area (Å²) < 4.78 is 23.0. The number of nitrogens with zero attached hydrogens (tertiary/aromatic N) is 1. The Hall–Kier alpha value is -2.71. The average molecular weight is 416 g/mol. The molecule has 0 atom stereocenters. The fourth-order valence-electron chi connectivity index (χ4n) is 2.57. The molecule has 3 rings (SSSR count). The summed E-state index contributed by atoms with van der Waals surface area (Å²) in [7, 11) is -3.22.